The lowest BCUT2D eigenvalue weighted by molar-refractivity contribution is -0.384. The van der Waals surface area contributed by atoms with Crippen molar-refractivity contribution in [3.05, 3.63) is 56.3 Å². The van der Waals surface area contributed by atoms with Gasteiger partial charge in [0.1, 0.15) is 5.69 Å². The van der Waals surface area contributed by atoms with Crippen LogP contribution < -0.4 is 11.3 Å². The first kappa shape index (κ1) is 15.4. The number of nitrogens with zero attached hydrogens (tertiary/aromatic N) is 2. The Hall–Kier alpha value is -1.96. The molecule has 1 aromatic carbocycles. The fourth-order valence-electron chi connectivity index (χ4n) is 2.12. The molecule has 0 fully saturated rings. The van der Waals surface area contributed by atoms with E-state index in [1.807, 2.05) is 24.6 Å². The second kappa shape index (κ2) is 6.66. The van der Waals surface area contributed by atoms with Crippen LogP contribution in [-0.2, 0) is 6.54 Å². The minimum atomic E-state index is -0.429. The number of anilines is 1. The largest absolute Gasteiger partial charge is 0.318 e. The first-order valence-electron chi connectivity index (χ1n) is 6.50. The third kappa shape index (κ3) is 3.57. The van der Waals surface area contributed by atoms with Crippen molar-refractivity contribution in [1.29, 1.82) is 0 Å². The molecule has 1 unspecified atom stereocenters. The maximum absolute atomic E-state index is 11.0. The number of thiophene rings is 1. The van der Waals surface area contributed by atoms with Crippen LogP contribution in [0.4, 0.5) is 11.4 Å². The first-order valence-corrected chi connectivity index (χ1v) is 7.38. The van der Waals surface area contributed by atoms with Crippen molar-refractivity contribution < 1.29 is 4.92 Å². The minimum Gasteiger partial charge on any atom is -0.318 e. The zero-order valence-electron chi connectivity index (χ0n) is 11.9. The van der Waals surface area contributed by atoms with Crippen LogP contribution in [0.25, 0.3) is 0 Å². The average molecular weight is 306 g/mol. The standard InChI is InChI=1S/C14H18N4O2S/c1-10(14-4-3-7-21-14)17(2)9-11-5-6-12(16-15)13(8-11)18(19)20/h3-8,10,16H,9,15H2,1-2H3. The lowest BCUT2D eigenvalue weighted by Gasteiger charge is -2.23. The fraction of sp³-hybridized carbons (Fsp3) is 0.286. The Kier molecular flexibility index (Phi) is 4.89. The van der Waals surface area contributed by atoms with E-state index in [-0.39, 0.29) is 11.7 Å². The van der Waals surface area contributed by atoms with Crippen LogP contribution in [0, 0.1) is 10.1 Å². The third-order valence-corrected chi connectivity index (χ3v) is 4.50. The van der Waals surface area contributed by atoms with Gasteiger partial charge < -0.3 is 5.43 Å². The molecule has 3 N–H and O–H groups in total. The molecule has 0 aliphatic rings. The lowest BCUT2D eigenvalue weighted by atomic mass is 10.1. The third-order valence-electron chi connectivity index (χ3n) is 3.46. The van der Waals surface area contributed by atoms with E-state index in [9.17, 15) is 10.1 Å². The summed E-state index contributed by atoms with van der Waals surface area (Å²) in [6.45, 7) is 2.75. The molecule has 7 heteroatoms. The molecule has 1 heterocycles. The molecule has 1 aromatic heterocycles. The summed E-state index contributed by atoms with van der Waals surface area (Å²) >= 11 is 1.71. The van der Waals surface area contributed by atoms with Crippen LogP contribution >= 0.6 is 11.3 Å². The molecule has 0 amide bonds. The quantitative estimate of drug-likeness (QED) is 0.486. The van der Waals surface area contributed by atoms with E-state index < -0.39 is 4.92 Å². The average Bonchev–Trinajstić information content (AvgIpc) is 3.00. The van der Waals surface area contributed by atoms with Crippen molar-refractivity contribution in [2.45, 2.75) is 19.5 Å². The second-order valence-electron chi connectivity index (χ2n) is 4.86. The van der Waals surface area contributed by atoms with E-state index in [0.717, 1.165) is 5.56 Å². The van der Waals surface area contributed by atoms with Gasteiger partial charge in [-0.15, -0.1) is 11.3 Å². The van der Waals surface area contributed by atoms with E-state index in [1.54, 1.807) is 23.5 Å². The van der Waals surface area contributed by atoms with Crippen LogP contribution in [0.2, 0.25) is 0 Å². The van der Waals surface area contributed by atoms with Gasteiger partial charge in [-0.1, -0.05) is 12.1 Å². The summed E-state index contributed by atoms with van der Waals surface area (Å²) in [4.78, 5) is 14.0. The van der Waals surface area contributed by atoms with Crippen LogP contribution in [0.3, 0.4) is 0 Å². The van der Waals surface area contributed by atoms with Crippen LogP contribution in [0.1, 0.15) is 23.4 Å². The van der Waals surface area contributed by atoms with E-state index in [2.05, 4.69) is 23.3 Å². The lowest BCUT2D eigenvalue weighted by Crippen LogP contribution is -2.21. The summed E-state index contributed by atoms with van der Waals surface area (Å²) in [5.41, 5.74) is 3.54. The van der Waals surface area contributed by atoms with Crippen LogP contribution in [-0.4, -0.2) is 16.9 Å². The Morgan fingerprint density at radius 3 is 2.81 bits per heavy atom. The smallest absolute Gasteiger partial charge is 0.293 e. The highest BCUT2D eigenvalue weighted by molar-refractivity contribution is 7.10. The number of nitrogen functional groups attached to an aromatic ring is 1. The summed E-state index contributed by atoms with van der Waals surface area (Å²) in [6, 6.07) is 9.42. The number of benzene rings is 1. The van der Waals surface area contributed by atoms with Gasteiger partial charge in [0.05, 0.1) is 4.92 Å². The Balaban J connectivity index is 2.16. The first-order chi connectivity index (χ1) is 10.0. The molecule has 21 heavy (non-hydrogen) atoms. The number of hydrazine groups is 1. The molecule has 0 saturated carbocycles. The predicted octanol–water partition coefficient (Wildman–Crippen LogP) is 3.13. The van der Waals surface area contributed by atoms with E-state index in [0.29, 0.717) is 12.2 Å². The van der Waals surface area contributed by atoms with Crippen LogP contribution in [0.5, 0.6) is 0 Å². The number of rotatable bonds is 6. The molecule has 0 saturated heterocycles. The topological polar surface area (TPSA) is 84.4 Å². The van der Waals surface area contributed by atoms with E-state index in [1.165, 1.54) is 4.88 Å². The number of nitrogens with one attached hydrogen (secondary N) is 1. The maximum atomic E-state index is 11.0. The molecule has 1 atom stereocenters. The molecule has 6 nitrogen and oxygen atoms in total. The zero-order valence-corrected chi connectivity index (χ0v) is 12.8. The normalized spacial score (nSPS) is 12.4. The Bertz CT molecular complexity index is 615. The number of nitro groups is 1. The Labute approximate surface area is 127 Å². The van der Waals surface area contributed by atoms with Gasteiger partial charge in [0.15, 0.2) is 0 Å². The van der Waals surface area contributed by atoms with Crippen molar-refractivity contribution in [3.8, 4) is 0 Å². The molecular formula is C14H18N4O2S. The van der Waals surface area contributed by atoms with E-state index >= 15 is 0 Å². The van der Waals surface area contributed by atoms with Gasteiger partial charge in [-0.3, -0.25) is 20.9 Å². The molecule has 0 radical (unpaired) electrons. The number of hydrogen-bond acceptors (Lipinski definition) is 6. The Morgan fingerprint density at radius 2 is 2.24 bits per heavy atom. The summed E-state index contributed by atoms with van der Waals surface area (Å²) < 4.78 is 0. The second-order valence-corrected chi connectivity index (χ2v) is 5.84. The summed E-state index contributed by atoms with van der Waals surface area (Å²) in [6.07, 6.45) is 0. The Morgan fingerprint density at radius 1 is 1.48 bits per heavy atom. The summed E-state index contributed by atoms with van der Waals surface area (Å²) in [7, 11) is 2.01. The van der Waals surface area contributed by atoms with E-state index in [4.69, 9.17) is 5.84 Å². The van der Waals surface area contributed by atoms with Crippen molar-refractivity contribution in [1.82, 2.24) is 4.90 Å². The van der Waals surface area contributed by atoms with Crippen molar-refractivity contribution in [2.24, 2.45) is 5.84 Å². The van der Waals surface area contributed by atoms with Crippen molar-refractivity contribution in [3.63, 3.8) is 0 Å². The predicted molar refractivity (Wildman–Crippen MR) is 85.1 cm³/mol. The van der Waals surface area contributed by atoms with Gasteiger partial charge in [0.2, 0.25) is 0 Å². The maximum Gasteiger partial charge on any atom is 0.293 e. The van der Waals surface area contributed by atoms with Crippen molar-refractivity contribution >= 4 is 22.7 Å². The highest BCUT2D eigenvalue weighted by Crippen LogP contribution is 2.28. The molecular weight excluding hydrogens is 288 g/mol. The molecule has 112 valence electrons. The van der Waals surface area contributed by atoms with Crippen molar-refractivity contribution in [2.75, 3.05) is 12.5 Å². The number of hydrogen-bond donors (Lipinski definition) is 2. The van der Waals surface area contributed by atoms with Gasteiger partial charge in [-0.05, 0) is 37.0 Å². The van der Waals surface area contributed by atoms with Gasteiger partial charge in [0.25, 0.3) is 5.69 Å². The molecule has 2 aromatic rings. The molecule has 0 aliphatic heterocycles. The molecule has 0 spiro atoms. The molecule has 0 bridgehead atoms. The highest BCUT2D eigenvalue weighted by Gasteiger charge is 2.17. The number of nitro benzene ring substituents is 1. The minimum absolute atomic E-state index is 0.00724. The zero-order chi connectivity index (χ0) is 15.4. The fourth-order valence-corrected chi connectivity index (χ4v) is 2.97. The van der Waals surface area contributed by atoms with Crippen LogP contribution in [0.15, 0.2) is 35.7 Å². The van der Waals surface area contributed by atoms with Gasteiger partial charge in [0, 0.05) is 23.5 Å². The van der Waals surface area contributed by atoms with Gasteiger partial charge >= 0.3 is 0 Å². The van der Waals surface area contributed by atoms with Gasteiger partial charge in [-0.25, -0.2) is 0 Å². The highest BCUT2D eigenvalue weighted by atomic mass is 32.1. The summed E-state index contributed by atoms with van der Waals surface area (Å²) in [5.74, 6) is 5.29. The SMILES string of the molecule is CC(c1cccs1)N(C)Cc1ccc(NN)c([N+](=O)[O-])c1. The molecule has 0 aliphatic carbocycles. The monoisotopic (exact) mass is 306 g/mol. The number of nitrogens with two attached hydrogens (primary N) is 1. The molecule has 2 rings (SSSR count). The van der Waals surface area contributed by atoms with Gasteiger partial charge in [-0.2, -0.15) is 0 Å². The summed E-state index contributed by atoms with van der Waals surface area (Å²) in [5, 5.41) is 13.1.